The summed E-state index contributed by atoms with van der Waals surface area (Å²) in [5, 5.41) is 5.69. The van der Waals surface area contributed by atoms with Gasteiger partial charge in [-0.2, -0.15) is 0 Å². The van der Waals surface area contributed by atoms with Crippen LogP contribution in [-0.2, 0) is 30.5 Å². The number of benzene rings is 1. The van der Waals surface area contributed by atoms with Gasteiger partial charge >= 0.3 is 12.1 Å². The fraction of sp³-hybridized carbons (Fsp3) is 0.565. The van der Waals surface area contributed by atoms with Gasteiger partial charge in [0.05, 0.1) is 7.11 Å². The molecule has 1 unspecified atom stereocenters. The summed E-state index contributed by atoms with van der Waals surface area (Å²) in [4.78, 5) is 50.8. The molecule has 0 aromatic heterocycles. The van der Waals surface area contributed by atoms with E-state index < -0.39 is 30.1 Å². The molecular formula is C23H34ClN3O6. The Kier molecular flexibility index (Phi) is 11.1. The molecule has 2 N–H and O–H groups in total. The third-order valence-electron chi connectivity index (χ3n) is 4.63. The Morgan fingerprint density at radius 1 is 1.09 bits per heavy atom. The highest BCUT2D eigenvalue weighted by molar-refractivity contribution is 6.30. The van der Waals surface area contributed by atoms with Crippen LogP contribution in [0.1, 0.15) is 45.6 Å². The maximum absolute atomic E-state index is 13.0. The number of hydrogen-bond acceptors (Lipinski definition) is 6. The minimum atomic E-state index is -1.03. The van der Waals surface area contributed by atoms with Crippen LogP contribution in [0.4, 0.5) is 4.79 Å². The fourth-order valence-electron chi connectivity index (χ4n) is 2.94. The number of ether oxygens (including phenoxy) is 2. The van der Waals surface area contributed by atoms with Crippen LogP contribution in [0.25, 0.3) is 0 Å². The second kappa shape index (κ2) is 13.0. The molecule has 3 amide bonds. The van der Waals surface area contributed by atoms with Gasteiger partial charge in [0.2, 0.25) is 11.8 Å². The van der Waals surface area contributed by atoms with Gasteiger partial charge < -0.3 is 25.0 Å². The molecule has 184 valence electrons. The van der Waals surface area contributed by atoms with Crippen LogP contribution in [0.15, 0.2) is 24.3 Å². The predicted octanol–water partition coefficient (Wildman–Crippen LogP) is 2.90. The number of esters is 1. The van der Waals surface area contributed by atoms with Crippen LogP contribution in [0, 0.1) is 5.41 Å². The lowest BCUT2D eigenvalue weighted by atomic mass is 9.87. The molecule has 0 bridgehead atoms. The first-order valence-electron chi connectivity index (χ1n) is 10.6. The number of amides is 3. The molecule has 0 aliphatic carbocycles. The summed E-state index contributed by atoms with van der Waals surface area (Å²) >= 11 is 5.94. The van der Waals surface area contributed by atoms with E-state index in [1.54, 1.807) is 38.4 Å². The maximum Gasteiger partial charge on any atom is 0.408 e. The van der Waals surface area contributed by atoms with Gasteiger partial charge in [0.15, 0.2) is 0 Å². The van der Waals surface area contributed by atoms with Crippen LogP contribution in [0.5, 0.6) is 0 Å². The summed E-state index contributed by atoms with van der Waals surface area (Å²) < 4.78 is 9.99. The number of carbonyl (C=O) groups excluding carboxylic acids is 4. The highest BCUT2D eigenvalue weighted by Crippen LogP contribution is 2.21. The molecule has 1 aromatic rings. The molecule has 0 heterocycles. The van der Waals surface area contributed by atoms with Gasteiger partial charge in [-0.15, -0.1) is 0 Å². The molecule has 0 saturated carbocycles. The number of methoxy groups -OCH3 is 1. The van der Waals surface area contributed by atoms with E-state index in [4.69, 9.17) is 21.1 Å². The van der Waals surface area contributed by atoms with E-state index in [2.05, 4.69) is 10.6 Å². The van der Waals surface area contributed by atoms with Gasteiger partial charge in [-0.1, -0.05) is 44.5 Å². The van der Waals surface area contributed by atoms with Gasteiger partial charge in [0, 0.05) is 25.5 Å². The van der Waals surface area contributed by atoms with Crippen LogP contribution >= 0.6 is 11.6 Å². The molecule has 9 nitrogen and oxygen atoms in total. The van der Waals surface area contributed by atoms with Gasteiger partial charge in [0.25, 0.3) is 0 Å². The van der Waals surface area contributed by atoms with Crippen molar-refractivity contribution in [2.45, 2.75) is 58.7 Å². The van der Waals surface area contributed by atoms with Crippen molar-refractivity contribution in [2.75, 3.05) is 21.2 Å². The molecule has 1 rings (SSSR count). The Bertz CT molecular complexity index is 838. The van der Waals surface area contributed by atoms with Crippen molar-refractivity contribution in [3.05, 3.63) is 34.9 Å². The van der Waals surface area contributed by atoms with Crippen molar-refractivity contribution in [3.63, 3.8) is 0 Å². The summed E-state index contributed by atoms with van der Waals surface area (Å²) in [5.74, 6) is -1.43. The Morgan fingerprint density at radius 2 is 1.76 bits per heavy atom. The average molecular weight is 484 g/mol. The van der Waals surface area contributed by atoms with E-state index in [1.807, 2.05) is 20.8 Å². The molecule has 0 saturated heterocycles. The number of halogens is 1. The zero-order valence-corrected chi connectivity index (χ0v) is 20.8. The second-order valence-electron chi connectivity index (χ2n) is 9.08. The van der Waals surface area contributed by atoms with E-state index >= 15 is 0 Å². The van der Waals surface area contributed by atoms with Gasteiger partial charge in [-0.05, 0) is 36.0 Å². The van der Waals surface area contributed by atoms with Gasteiger partial charge in [0.1, 0.15) is 18.7 Å². The first kappa shape index (κ1) is 28.2. The minimum Gasteiger partial charge on any atom is -0.467 e. The Morgan fingerprint density at radius 3 is 2.30 bits per heavy atom. The van der Waals surface area contributed by atoms with Crippen molar-refractivity contribution in [3.8, 4) is 0 Å². The molecule has 33 heavy (non-hydrogen) atoms. The number of rotatable bonds is 10. The van der Waals surface area contributed by atoms with Crippen LogP contribution < -0.4 is 10.6 Å². The largest absolute Gasteiger partial charge is 0.467 e. The third-order valence-corrected chi connectivity index (χ3v) is 4.87. The second-order valence-corrected chi connectivity index (χ2v) is 9.52. The first-order chi connectivity index (χ1) is 15.3. The zero-order chi connectivity index (χ0) is 25.2. The summed E-state index contributed by atoms with van der Waals surface area (Å²) in [6, 6.07) is 4.88. The number of nitrogens with one attached hydrogen (secondary N) is 2. The standard InChI is InChI=1S/C23H34ClN3O6/c1-23(2,3)13-18(26-22(31)33-14-15-8-7-9-16(24)12-15)20(29)25-17(21(30)32-6)10-11-19(28)27(4)5/h7-9,12,17-18H,10-11,13-14H2,1-6H3,(H,25,29)(H,26,31)/t17-,18?/m0/s1. The number of nitrogens with zero attached hydrogens (tertiary/aromatic N) is 1. The van der Waals surface area contributed by atoms with Crippen LogP contribution in [-0.4, -0.2) is 62.1 Å². The van der Waals surface area contributed by atoms with Crippen LogP contribution in [0.3, 0.4) is 0 Å². The van der Waals surface area contributed by atoms with E-state index in [9.17, 15) is 19.2 Å². The molecule has 0 radical (unpaired) electrons. The minimum absolute atomic E-state index is 0.0202. The van der Waals surface area contributed by atoms with Crippen molar-refractivity contribution < 1.29 is 28.7 Å². The molecular weight excluding hydrogens is 450 g/mol. The van der Waals surface area contributed by atoms with E-state index in [0.717, 1.165) is 0 Å². The van der Waals surface area contributed by atoms with Crippen molar-refractivity contribution >= 4 is 35.5 Å². The first-order valence-corrected chi connectivity index (χ1v) is 11.0. The normalized spacial score (nSPS) is 12.8. The van der Waals surface area contributed by atoms with E-state index in [-0.39, 0.29) is 37.2 Å². The maximum atomic E-state index is 13.0. The zero-order valence-electron chi connectivity index (χ0n) is 20.1. The van der Waals surface area contributed by atoms with Crippen molar-refractivity contribution in [1.29, 1.82) is 0 Å². The lowest BCUT2D eigenvalue weighted by Crippen LogP contribution is -2.53. The summed E-state index contributed by atoms with van der Waals surface area (Å²) in [6.45, 7) is 5.73. The molecule has 0 spiro atoms. The smallest absolute Gasteiger partial charge is 0.408 e. The number of hydrogen-bond donors (Lipinski definition) is 2. The van der Waals surface area contributed by atoms with Gasteiger partial charge in [-0.3, -0.25) is 9.59 Å². The van der Waals surface area contributed by atoms with Gasteiger partial charge in [-0.25, -0.2) is 9.59 Å². The topological polar surface area (TPSA) is 114 Å². The molecule has 1 aromatic carbocycles. The quantitative estimate of drug-likeness (QED) is 0.494. The molecule has 10 heteroatoms. The molecule has 2 atom stereocenters. The highest BCUT2D eigenvalue weighted by atomic mass is 35.5. The SMILES string of the molecule is COC(=O)[C@H](CCC(=O)N(C)C)NC(=O)C(CC(C)(C)C)NC(=O)OCc1cccc(Cl)c1. The number of carbonyl (C=O) groups is 4. The van der Waals surface area contributed by atoms with Crippen LogP contribution in [0.2, 0.25) is 5.02 Å². The summed E-state index contributed by atoms with van der Waals surface area (Å²) in [6.07, 6.45) is -0.379. The average Bonchev–Trinajstić information content (AvgIpc) is 2.72. The van der Waals surface area contributed by atoms with Crippen molar-refractivity contribution in [2.24, 2.45) is 5.41 Å². The highest BCUT2D eigenvalue weighted by Gasteiger charge is 2.31. The third kappa shape index (κ3) is 11.1. The van der Waals surface area contributed by atoms with Crippen molar-refractivity contribution in [1.82, 2.24) is 15.5 Å². The lowest BCUT2D eigenvalue weighted by molar-refractivity contribution is -0.145. The predicted molar refractivity (Wildman–Crippen MR) is 125 cm³/mol. The monoisotopic (exact) mass is 483 g/mol. The molecule has 0 aliphatic rings. The summed E-state index contributed by atoms with van der Waals surface area (Å²) in [7, 11) is 4.41. The van der Waals surface area contributed by atoms with E-state index in [1.165, 1.54) is 12.0 Å². The lowest BCUT2D eigenvalue weighted by Gasteiger charge is -2.27. The molecule has 0 fully saturated rings. The number of alkyl carbamates (subject to hydrolysis) is 1. The Hall–Kier alpha value is -2.81. The fourth-order valence-corrected chi connectivity index (χ4v) is 3.15. The molecule has 0 aliphatic heterocycles. The summed E-state index contributed by atoms with van der Waals surface area (Å²) in [5.41, 5.74) is 0.384. The Labute approximate surface area is 200 Å². The van der Waals surface area contributed by atoms with E-state index in [0.29, 0.717) is 10.6 Å². The Balaban J connectivity index is 2.85.